The van der Waals surface area contributed by atoms with E-state index >= 15 is 0 Å². The third kappa shape index (κ3) is 2.92. The predicted octanol–water partition coefficient (Wildman–Crippen LogP) is 2.94. The average Bonchev–Trinajstić information content (AvgIpc) is 3.39. The first-order valence-electron chi connectivity index (χ1n) is 9.86. The van der Waals surface area contributed by atoms with Gasteiger partial charge in [-0.1, -0.05) is 18.2 Å². The number of sulfonamides is 1. The van der Waals surface area contributed by atoms with E-state index in [1.165, 1.54) is 22.6 Å². The number of H-pyrrole nitrogens is 2. The van der Waals surface area contributed by atoms with Crippen LogP contribution >= 0.6 is 0 Å². The van der Waals surface area contributed by atoms with Gasteiger partial charge in [0, 0.05) is 29.0 Å². The van der Waals surface area contributed by atoms with Crippen molar-refractivity contribution in [1.29, 1.82) is 0 Å². The zero-order valence-electron chi connectivity index (χ0n) is 16.6. The second kappa shape index (κ2) is 6.98. The Hall–Kier alpha value is -3.59. The number of fused-ring (bicyclic) bond motifs is 4. The van der Waals surface area contributed by atoms with E-state index in [4.69, 9.17) is 4.74 Å². The third-order valence-corrected chi connectivity index (χ3v) is 7.35. The number of hydrogen-bond acceptors (Lipinski definition) is 5. The molecule has 2 aromatic heterocycles. The number of ether oxygens (including phenoxy) is 1. The fraction of sp³-hybridized carbons (Fsp3) is 0.182. The van der Waals surface area contributed by atoms with Crippen LogP contribution in [0.25, 0.3) is 21.8 Å². The zero-order valence-corrected chi connectivity index (χ0v) is 17.5. The lowest BCUT2D eigenvalue weighted by atomic mass is 10.1. The van der Waals surface area contributed by atoms with E-state index in [0.717, 1.165) is 5.56 Å². The minimum Gasteiger partial charge on any atom is -0.462 e. The lowest BCUT2D eigenvalue weighted by Gasteiger charge is -2.20. The highest BCUT2D eigenvalue weighted by Gasteiger charge is 2.31. The number of pyridine rings is 1. The molecule has 0 saturated carbocycles. The summed E-state index contributed by atoms with van der Waals surface area (Å²) in [6.45, 7) is 2.23. The molecule has 158 valence electrons. The number of anilines is 1. The highest BCUT2D eigenvalue weighted by atomic mass is 32.2. The second-order valence-electron chi connectivity index (χ2n) is 7.29. The second-order valence-corrected chi connectivity index (χ2v) is 9.15. The molecule has 5 rings (SSSR count). The maximum absolute atomic E-state index is 13.5. The summed E-state index contributed by atoms with van der Waals surface area (Å²) in [5.74, 6) is -0.581. The van der Waals surface area contributed by atoms with Crippen molar-refractivity contribution in [3.05, 3.63) is 70.1 Å². The number of rotatable bonds is 4. The number of nitrogens with zero attached hydrogens (tertiary/aromatic N) is 1. The first-order valence-corrected chi connectivity index (χ1v) is 11.3. The summed E-state index contributed by atoms with van der Waals surface area (Å²) in [6.07, 6.45) is 2.06. The van der Waals surface area contributed by atoms with Crippen molar-refractivity contribution in [2.24, 2.45) is 0 Å². The molecule has 0 amide bonds. The van der Waals surface area contributed by atoms with Crippen LogP contribution in [0.2, 0.25) is 0 Å². The van der Waals surface area contributed by atoms with Crippen molar-refractivity contribution < 1.29 is 17.9 Å². The summed E-state index contributed by atoms with van der Waals surface area (Å²) in [5.41, 5.74) is 2.06. The average molecular weight is 437 g/mol. The lowest BCUT2D eigenvalue weighted by Crippen LogP contribution is -2.29. The molecule has 1 aliphatic rings. The molecule has 31 heavy (non-hydrogen) atoms. The molecule has 0 atom stereocenters. The van der Waals surface area contributed by atoms with Gasteiger partial charge in [0.05, 0.1) is 22.8 Å². The van der Waals surface area contributed by atoms with Gasteiger partial charge in [-0.3, -0.25) is 9.10 Å². The number of para-hydroxylation sites is 1. The largest absolute Gasteiger partial charge is 0.462 e. The molecule has 1 aliphatic heterocycles. The number of esters is 1. The number of benzene rings is 2. The van der Waals surface area contributed by atoms with Crippen LogP contribution < -0.4 is 9.86 Å². The molecule has 0 spiro atoms. The van der Waals surface area contributed by atoms with Gasteiger partial charge in [-0.25, -0.2) is 13.2 Å². The van der Waals surface area contributed by atoms with E-state index in [-0.39, 0.29) is 22.6 Å². The molecule has 4 aromatic rings. The lowest BCUT2D eigenvalue weighted by molar-refractivity contribution is 0.0529. The van der Waals surface area contributed by atoms with E-state index < -0.39 is 21.6 Å². The monoisotopic (exact) mass is 437 g/mol. The van der Waals surface area contributed by atoms with Crippen molar-refractivity contribution in [2.45, 2.75) is 18.2 Å². The number of aromatic amines is 2. The van der Waals surface area contributed by atoms with Crippen molar-refractivity contribution in [3.8, 4) is 0 Å². The molecule has 2 aromatic carbocycles. The van der Waals surface area contributed by atoms with Gasteiger partial charge in [0.2, 0.25) is 0 Å². The van der Waals surface area contributed by atoms with E-state index in [0.29, 0.717) is 34.9 Å². The van der Waals surface area contributed by atoms with Crippen LogP contribution in [-0.4, -0.2) is 37.5 Å². The Morgan fingerprint density at radius 1 is 1.19 bits per heavy atom. The highest BCUT2D eigenvalue weighted by Crippen LogP contribution is 2.34. The molecule has 0 saturated heterocycles. The molecule has 0 aliphatic carbocycles. The van der Waals surface area contributed by atoms with E-state index in [1.54, 1.807) is 19.1 Å². The molecule has 2 N–H and O–H groups in total. The Bertz CT molecular complexity index is 1520. The number of carbonyl (C=O) groups is 1. The maximum atomic E-state index is 13.5. The maximum Gasteiger partial charge on any atom is 0.340 e. The topological polar surface area (TPSA) is 112 Å². The molecule has 0 bridgehead atoms. The summed E-state index contributed by atoms with van der Waals surface area (Å²) in [4.78, 5) is 30.5. The van der Waals surface area contributed by atoms with Gasteiger partial charge in [0.15, 0.2) is 0 Å². The summed E-state index contributed by atoms with van der Waals surface area (Å²) >= 11 is 0. The third-order valence-electron chi connectivity index (χ3n) is 5.54. The van der Waals surface area contributed by atoms with Gasteiger partial charge in [-0.15, -0.1) is 0 Å². The number of hydrogen-bond donors (Lipinski definition) is 2. The highest BCUT2D eigenvalue weighted by molar-refractivity contribution is 7.92. The molecular formula is C22H19N3O5S. The normalized spacial score (nSPS) is 13.6. The molecule has 3 heterocycles. The van der Waals surface area contributed by atoms with E-state index in [9.17, 15) is 18.0 Å². The van der Waals surface area contributed by atoms with Gasteiger partial charge in [-0.2, -0.15) is 0 Å². The van der Waals surface area contributed by atoms with Crippen molar-refractivity contribution in [3.63, 3.8) is 0 Å². The molecule has 0 radical (unpaired) electrons. The van der Waals surface area contributed by atoms with Crippen LogP contribution in [0.3, 0.4) is 0 Å². The minimum atomic E-state index is -3.83. The van der Waals surface area contributed by atoms with Crippen molar-refractivity contribution in [1.82, 2.24) is 9.97 Å². The van der Waals surface area contributed by atoms with Crippen LogP contribution in [0.4, 0.5) is 5.69 Å². The minimum absolute atomic E-state index is 0.0843. The van der Waals surface area contributed by atoms with Gasteiger partial charge < -0.3 is 14.7 Å². The zero-order chi connectivity index (χ0) is 21.8. The summed E-state index contributed by atoms with van der Waals surface area (Å²) in [5, 5.41) is 0.795. The van der Waals surface area contributed by atoms with Crippen LogP contribution in [-0.2, 0) is 21.2 Å². The molecule has 9 heteroatoms. The molecule has 0 fully saturated rings. The Kier molecular flexibility index (Phi) is 4.37. The van der Waals surface area contributed by atoms with Crippen LogP contribution in [0, 0.1) is 0 Å². The predicted molar refractivity (Wildman–Crippen MR) is 117 cm³/mol. The van der Waals surface area contributed by atoms with Gasteiger partial charge >= 0.3 is 5.97 Å². The van der Waals surface area contributed by atoms with Gasteiger partial charge in [-0.05, 0) is 43.2 Å². The smallest absolute Gasteiger partial charge is 0.340 e. The molecular weight excluding hydrogens is 418 g/mol. The van der Waals surface area contributed by atoms with Crippen molar-refractivity contribution >= 4 is 43.5 Å². The molecule has 8 nitrogen and oxygen atoms in total. The summed E-state index contributed by atoms with van der Waals surface area (Å²) in [6, 6.07) is 11.9. The Labute approximate surface area is 177 Å². The first-order chi connectivity index (χ1) is 14.9. The number of nitrogens with one attached hydrogen (secondary N) is 2. The Morgan fingerprint density at radius 2 is 2.00 bits per heavy atom. The van der Waals surface area contributed by atoms with Gasteiger partial charge in [0.1, 0.15) is 5.52 Å². The quantitative estimate of drug-likeness (QED) is 0.477. The van der Waals surface area contributed by atoms with Gasteiger partial charge in [0.25, 0.3) is 15.6 Å². The number of aromatic nitrogens is 2. The van der Waals surface area contributed by atoms with Crippen LogP contribution in [0.15, 0.2) is 58.4 Å². The fourth-order valence-corrected chi connectivity index (χ4v) is 5.65. The Balaban J connectivity index is 1.72. The van der Waals surface area contributed by atoms with E-state index in [2.05, 4.69) is 9.97 Å². The first kappa shape index (κ1) is 19.4. The SMILES string of the molecule is CCOC(=O)c1c[nH]c2c(=O)[nH]c3ccc(S(=O)(=O)N4CCc5ccccc54)cc3c12. The van der Waals surface area contributed by atoms with E-state index in [1.807, 2.05) is 18.2 Å². The molecule has 0 unspecified atom stereocenters. The van der Waals surface area contributed by atoms with Crippen molar-refractivity contribution in [2.75, 3.05) is 17.5 Å². The Morgan fingerprint density at radius 3 is 2.81 bits per heavy atom. The van der Waals surface area contributed by atoms with Crippen LogP contribution in [0.5, 0.6) is 0 Å². The summed E-state index contributed by atoms with van der Waals surface area (Å²) in [7, 11) is -3.83. The standard InChI is InChI=1S/C22H19N3O5S/c1-2-30-22(27)16-12-23-20-19(16)15-11-14(7-8-17(15)24-21(20)26)31(28,29)25-10-9-13-5-3-4-6-18(13)25/h3-8,11-12,23H,2,9-10H2,1H3,(H,24,26). The summed E-state index contributed by atoms with van der Waals surface area (Å²) < 4.78 is 33.4. The number of carbonyl (C=O) groups excluding carboxylic acids is 1. The van der Waals surface area contributed by atoms with Crippen LogP contribution in [0.1, 0.15) is 22.8 Å². The fourth-order valence-electron chi connectivity index (χ4n) is 4.12.